The first-order chi connectivity index (χ1) is 11.8. The molecule has 0 bridgehead atoms. The second-order valence-electron chi connectivity index (χ2n) is 10.3. The van der Waals surface area contributed by atoms with Crippen molar-refractivity contribution in [3.63, 3.8) is 0 Å². The maximum atomic E-state index is 12.8. The second kappa shape index (κ2) is 5.82. The van der Waals surface area contributed by atoms with Crippen LogP contribution >= 0.6 is 0 Å². The molecular formula is C22H35NO2. The zero-order chi connectivity index (χ0) is 18.0. The molecule has 1 N–H and O–H groups in total. The van der Waals surface area contributed by atoms with Crippen molar-refractivity contribution >= 4 is 11.7 Å². The fourth-order valence-corrected chi connectivity index (χ4v) is 7.57. The van der Waals surface area contributed by atoms with Crippen LogP contribution in [0.2, 0.25) is 0 Å². The van der Waals surface area contributed by atoms with E-state index in [1.165, 1.54) is 25.7 Å². The zero-order valence-electron chi connectivity index (χ0n) is 16.4. The molecule has 4 rings (SSSR count). The summed E-state index contributed by atoms with van der Waals surface area (Å²) in [6.45, 7) is 9.02. The van der Waals surface area contributed by atoms with E-state index >= 15 is 0 Å². The number of amides is 1. The first kappa shape index (κ1) is 17.5. The predicted octanol–water partition coefficient (Wildman–Crippen LogP) is 4.35. The Labute approximate surface area is 152 Å². The molecule has 0 unspecified atom stereocenters. The van der Waals surface area contributed by atoms with Gasteiger partial charge in [-0.3, -0.25) is 9.59 Å². The molecule has 1 heterocycles. The third-order valence-corrected chi connectivity index (χ3v) is 9.01. The second-order valence-corrected chi connectivity index (χ2v) is 10.3. The minimum Gasteiger partial charge on any atom is -0.353 e. The Morgan fingerprint density at radius 1 is 1.00 bits per heavy atom. The molecule has 3 aliphatic carbocycles. The molecule has 1 aliphatic heterocycles. The number of ketones is 1. The largest absolute Gasteiger partial charge is 0.353 e. The quantitative estimate of drug-likeness (QED) is 0.809. The van der Waals surface area contributed by atoms with Crippen molar-refractivity contribution in [2.75, 3.05) is 0 Å². The van der Waals surface area contributed by atoms with Crippen LogP contribution in [0.15, 0.2) is 0 Å². The molecule has 0 radical (unpaired) electrons. The van der Waals surface area contributed by atoms with Crippen molar-refractivity contribution in [3.8, 4) is 0 Å². The summed E-state index contributed by atoms with van der Waals surface area (Å²) in [7, 11) is 0. The molecule has 140 valence electrons. The fraction of sp³-hybridized carbons (Fsp3) is 0.909. The van der Waals surface area contributed by atoms with Gasteiger partial charge in [0.05, 0.1) is 0 Å². The van der Waals surface area contributed by atoms with Crippen molar-refractivity contribution in [1.82, 2.24) is 5.32 Å². The molecule has 0 aromatic heterocycles. The smallest absolute Gasteiger partial charge is 0.220 e. The van der Waals surface area contributed by atoms with Gasteiger partial charge in [-0.25, -0.2) is 0 Å². The lowest BCUT2D eigenvalue weighted by atomic mass is 9.47. The van der Waals surface area contributed by atoms with E-state index in [0.29, 0.717) is 24.2 Å². The normalized spacial score (nSPS) is 49.2. The number of hydrogen-bond acceptors (Lipinski definition) is 2. The lowest BCUT2D eigenvalue weighted by Gasteiger charge is -2.60. The van der Waals surface area contributed by atoms with E-state index in [1.54, 1.807) is 0 Å². The maximum absolute atomic E-state index is 12.8. The Hall–Kier alpha value is -0.860. The van der Waals surface area contributed by atoms with Crippen LogP contribution in [0.1, 0.15) is 79.1 Å². The van der Waals surface area contributed by atoms with Gasteiger partial charge in [-0.2, -0.15) is 0 Å². The molecular weight excluding hydrogens is 310 g/mol. The summed E-state index contributed by atoms with van der Waals surface area (Å²) < 4.78 is 0. The maximum Gasteiger partial charge on any atom is 0.220 e. The summed E-state index contributed by atoms with van der Waals surface area (Å²) in [4.78, 5) is 24.7. The highest BCUT2D eigenvalue weighted by atomic mass is 16.1. The first-order valence-electron chi connectivity index (χ1n) is 10.6. The Morgan fingerprint density at radius 3 is 2.44 bits per heavy atom. The van der Waals surface area contributed by atoms with E-state index in [4.69, 9.17) is 0 Å². The van der Waals surface area contributed by atoms with Gasteiger partial charge >= 0.3 is 0 Å². The van der Waals surface area contributed by atoms with Gasteiger partial charge in [-0.15, -0.1) is 0 Å². The van der Waals surface area contributed by atoms with Crippen molar-refractivity contribution < 1.29 is 9.59 Å². The van der Waals surface area contributed by atoms with Crippen molar-refractivity contribution in [2.24, 2.45) is 40.4 Å². The van der Waals surface area contributed by atoms with Crippen LogP contribution in [-0.4, -0.2) is 17.7 Å². The molecule has 0 aromatic carbocycles. The monoisotopic (exact) mass is 345 g/mol. The summed E-state index contributed by atoms with van der Waals surface area (Å²) in [5, 5.41) is 3.31. The predicted molar refractivity (Wildman–Crippen MR) is 98.9 cm³/mol. The third kappa shape index (κ3) is 2.44. The molecule has 0 aromatic rings. The molecule has 3 saturated carbocycles. The lowest BCUT2D eigenvalue weighted by molar-refractivity contribution is -0.142. The molecule has 7 atom stereocenters. The van der Waals surface area contributed by atoms with Crippen LogP contribution in [0.25, 0.3) is 0 Å². The molecule has 3 heteroatoms. The van der Waals surface area contributed by atoms with E-state index in [2.05, 4.69) is 33.0 Å². The van der Waals surface area contributed by atoms with Gasteiger partial charge in [-0.05, 0) is 73.5 Å². The molecule has 3 nitrogen and oxygen atoms in total. The van der Waals surface area contributed by atoms with E-state index in [0.717, 1.165) is 31.1 Å². The Kier molecular flexibility index (Phi) is 4.09. The highest BCUT2D eigenvalue weighted by Crippen LogP contribution is 2.65. The summed E-state index contributed by atoms with van der Waals surface area (Å²) in [5.41, 5.74) is 0.502. The Bertz CT molecular complexity index is 585. The molecule has 4 aliphatic rings. The van der Waals surface area contributed by atoms with Crippen molar-refractivity contribution in [2.45, 2.75) is 85.1 Å². The standard InChI is InChI=1S/C22H35NO2/c1-13(2)20(25)17-7-6-15-14-5-8-18-22(4,12-10-19(24)23-18)16(14)9-11-21(15,17)3/h13-18H,5-12H2,1-4H3,(H,23,24)/t14-,15-,16-,17+,18+,21-,22+/m0/s1. The number of Topliss-reactive ketones (excluding diaryl/α,β-unsaturated/α-hetero) is 1. The van der Waals surface area contributed by atoms with E-state index in [-0.39, 0.29) is 28.6 Å². The number of rotatable bonds is 2. The van der Waals surface area contributed by atoms with Gasteiger partial charge in [0.15, 0.2) is 0 Å². The topological polar surface area (TPSA) is 46.2 Å². The molecule has 25 heavy (non-hydrogen) atoms. The number of carbonyl (C=O) groups excluding carboxylic acids is 2. The van der Waals surface area contributed by atoms with Crippen LogP contribution in [0.4, 0.5) is 0 Å². The van der Waals surface area contributed by atoms with E-state index < -0.39 is 0 Å². The summed E-state index contributed by atoms with van der Waals surface area (Å²) in [6.07, 6.45) is 8.95. The highest BCUT2D eigenvalue weighted by molar-refractivity contribution is 5.84. The number of nitrogens with one attached hydrogen (secondary N) is 1. The fourth-order valence-electron chi connectivity index (χ4n) is 7.57. The van der Waals surface area contributed by atoms with Crippen LogP contribution < -0.4 is 5.32 Å². The van der Waals surface area contributed by atoms with Gasteiger partial charge in [-0.1, -0.05) is 27.7 Å². The van der Waals surface area contributed by atoms with Gasteiger partial charge in [0.1, 0.15) is 5.78 Å². The summed E-state index contributed by atoms with van der Waals surface area (Å²) in [6, 6.07) is 0.383. The van der Waals surface area contributed by atoms with E-state index in [9.17, 15) is 9.59 Å². The average Bonchev–Trinajstić information content (AvgIpc) is 2.92. The SMILES string of the molecule is CC(C)C(=O)[C@H]1CC[C@H]2[C@@H]3CC[C@H]4NC(=O)CC[C@]4(C)[C@H]3CC[C@]12C. The van der Waals surface area contributed by atoms with Crippen molar-refractivity contribution in [1.29, 1.82) is 0 Å². The summed E-state index contributed by atoms with van der Waals surface area (Å²) in [5.74, 6) is 3.43. The number of hydrogen-bond donors (Lipinski definition) is 1. The van der Waals surface area contributed by atoms with Gasteiger partial charge in [0, 0.05) is 24.3 Å². The van der Waals surface area contributed by atoms with Crippen LogP contribution in [0, 0.1) is 40.4 Å². The first-order valence-corrected chi connectivity index (χ1v) is 10.6. The number of fused-ring (bicyclic) bond motifs is 5. The average molecular weight is 346 g/mol. The van der Waals surface area contributed by atoms with E-state index in [1.807, 2.05) is 0 Å². The van der Waals surface area contributed by atoms with Gasteiger partial charge in [0.25, 0.3) is 0 Å². The zero-order valence-corrected chi connectivity index (χ0v) is 16.4. The molecule has 0 spiro atoms. The van der Waals surface area contributed by atoms with Crippen LogP contribution in [-0.2, 0) is 9.59 Å². The van der Waals surface area contributed by atoms with Gasteiger partial charge in [0.2, 0.25) is 5.91 Å². The number of carbonyl (C=O) groups is 2. The summed E-state index contributed by atoms with van der Waals surface area (Å²) >= 11 is 0. The van der Waals surface area contributed by atoms with Crippen LogP contribution in [0.5, 0.6) is 0 Å². The Balaban J connectivity index is 1.60. The molecule has 1 saturated heterocycles. The van der Waals surface area contributed by atoms with Crippen molar-refractivity contribution in [3.05, 3.63) is 0 Å². The number of piperidine rings is 1. The minimum atomic E-state index is 0.167. The molecule has 1 amide bonds. The third-order valence-electron chi connectivity index (χ3n) is 9.01. The van der Waals surface area contributed by atoms with Gasteiger partial charge < -0.3 is 5.32 Å². The minimum absolute atomic E-state index is 0.167. The Morgan fingerprint density at radius 2 is 1.72 bits per heavy atom. The lowest BCUT2D eigenvalue weighted by Crippen LogP contribution is -2.61. The van der Waals surface area contributed by atoms with Crippen LogP contribution in [0.3, 0.4) is 0 Å². The highest BCUT2D eigenvalue weighted by Gasteiger charge is 2.61. The molecule has 4 fully saturated rings.